The minimum absolute atomic E-state index is 0.0140. The normalized spacial score (nSPS) is 20.8. The molecule has 4 amide bonds. The molecule has 0 radical (unpaired) electrons. The van der Waals surface area contributed by atoms with Crippen molar-refractivity contribution in [2.45, 2.75) is 25.3 Å². The zero-order valence-corrected chi connectivity index (χ0v) is 13.4. The van der Waals surface area contributed by atoms with Crippen LogP contribution < -0.4 is 5.43 Å². The van der Waals surface area contributed by atoms with E-state index in [0.717, 1.165) is 10.0 Å². The largest absolute Gasteiger partial charge is 0.508 e. The van der Waals surface area contributed by atoms with Gasteiger partial charge in [-0.15, -0.1) is 0 Å². The summed E-state index contributed by atoms with van der Waals surface area (Å²) in [6.07, 6.45) is 1.80. The fourth-order valence-electron chi connectivity index (χ4n) is 2.93. The number of aromatic hydroxyl groups is 1. The Labute approximate surface area is 143 Å². The number of hydrogen-bond donors (Lipinski definition) is 2. The molecular weight excluding hydrogens is 328 g/mol. The fraction of sp³-hybridized carbons (Fsp3) is 0.375. The van der Waals surface area contributed by atoms with Crippen LogP contribution in [0.4, 0.5) is 4.79 Å². The number of nitrogens with zero attached hydrogens (tertiary/aromatic N) is 3. The molecule has 25 heavy (non-hydrogen) atoms. The summed E-state index contributed by atoms with van der Waals surface area (Å²) in [5.74, 6) is -0.791. The van der Waals surface area contributed by atoms with E-state index >= 15 is 0 Å². The van der Waals surface area contributed by atoms with Crippen LogP contribution in [0.25, 0.3) is 0 Å². The maximum Gasteiger partial charge on any atom is 0.358 e. The van der Waals surface area contributed by atoms with Crippen molar-refractivity contribution in [1.29, 1.82) is 0 Å². The van der Waals surface area contributed by atoms with E-state index in [1.54, 1.807) is 0 Å². The van der Waals surface area contributed by atoms with E-state index in [0.29, 0.717) is 25.7 Å². The highest BCUT2D eigenvalue weighted by atomic mass is 16.3. The smallest absolute Gasteiger partial charge is 0.358 e. The Morgan fingerprint density at radius 3 is 2.60 bits per heavy atom. The third kappa shape index (κ3) is 3.25. The van der Waals surface area contributed by atoms with Gasteiger partial charge < -0.3 is 9.90 Å². The van der Waals surface area contributed by atoms with Crippen molar-refractivity contribution in [2.75, 3.05) is 13.1 Å². The summed E-state index contributed by atoms with van der Waals surface area (Å²) >= 11 is 0. The monoisotopic (exact) mass is 346 g/mol. The number of amides is 4. The van der Waals surface area contributed by atoms with Gasteiger partial charge in [-0.05, 0) is 37.1 Å². The van der Waals surface area contributed by atoms with E-state index in [9.17, 15) is 24.3 Å². The number of rotatable bonds is 3. The van der Waals surface area contributed by atoms with Crippen LogP contribution in [-0.2, 0) is 9.59 Å². The van der Waals surface area contributed by atoms with Crippen molar-refractivity contribution < 1.29 is 24.3 Å². The van der Waals surface area contributed by atoms with Gasteiger partial charge in [0.2, 0.25) is 5.91 Å². The van der Waals surface area contributed by atoms with Gasteiger partial charge in [0, 0.05) is 18.5 Å². The third-order valence-corrected chi connectivity index (χ3v) is 4.23. The maximum atomic E-state index is 12.8. The number of carbonyl (C=O) groups is 4. The van der Waals surface area contributed by atoms with Crippen LogP contribution in [-0.4, -0.2) is 63.4 Å². The first-order valence-electron chi connectivity index (χ1n) is 7.97. The van der Waals surface area contributed by atoms with E-state index in [-0.39, 0.29) is 30.2 Å². The Balaban J connectivity index is 1.80. The molecule has 132 valence electrons. The van der Waals surface area contributed by atoms with Gasteiger partial charge >= 0.3 is 6.03 Å². The van der Waals surface area contributed by atoms with Crippen molar-refractivity contribution in [3.63, 3.8) is 0 Å². The van der Waals surface area contributed by atoms with Gasteiger partial charge in [-0.3, -0.25) is 15.0 Å². The van der Waals surface area contributed by atoms with Crippen LogP contribution in [0.1, 0.15) is 29.6 Å². The number of benzene rings is 1. The number of nitrogens with one attached hydrogen (secondary N) is 1. The number of hydrazine groups is 2. The summed E-state index contributed by atoms with van der Waals surface area (Å²) in [4.78, 5) is 48.6. The second-order valence-electron chi connectivity index (χ2n) is 5.88. The molecular formula is C16H18N4O5. The lowest BCUT2D eigenvalue weighted by molar-refractivity contribution is -0.151. The lowest BCUT2D eigenvalue weighted by atomic mass is 10.1. The predicted octanol–water partition coefficient (Wildman–Crippen LogP) is 0.270. The molecule has 3 rings (SSSR count). The highest BCUT2D eigenvalue weighted by Crippen LogP contribution is 2.22. The van der Waals surface area contributed by atoms with Gasteiger partial charge in [-0.25, -0.2) is 19.8 Å². The SMILES string of the molecule is O=C[C@@H]1CCCN2C(=O)CCN(NC(=O)c3ccc(O)cc3)C(=O)N12. The fourth-order valence-corrected chi connectivity index (χ4v) is 2.93. The highest BCUT2D eigenvalue weighted by Gasteiger charge is 2.41. The number of carbonyl (C=O) groups excluding carboxylic acids is 4. The average molecular weight is 346 g/mol. The molecule has 1 aromatic rings. The number of phenolic OH excluding ortho intramolecular Hbond substituents is 1. The molecule has 9 nitrogen and oxygen atoms in total. The molecule has 0 saturated carbocycles. The van der Waals surface area contributed by atoms with Crippen molar-refractivity contribution >= 4 is 24.1 Å². The Morgan fingerprint density at radius 1 is 1.20 bits per heavy atom. The lowest BCUT2D eigenvalue weighted by Crippen LogP contribution is -2.61. The third-order valence-electron chi connectivity index (χ3n) is 4.23. The lowest BCUT2D eigenvalue weighted by Gasteiger charge is -2.41. The maximum absolute atomic E-state index is 12.8. The van der Waals surface area contributed by atoms with Crippen molar-refractivity contribution in [3.05, 3.63) is 29.8 Å². The molecule has 0 spiro atoms. The molecule has 0 unspecified atom stereocenters. The summed E-state index contributed by atoms with van der Waals surface area (Å²) in [6.45, 7) is 0.384. The number of aldehydes is 1. The minimum Gasteiger partial charge on any atom is -0.508 e. The zero-order chi connectivity index (χ0) is 18.0. The van der Waals surface area contributed by atoms with Crippen molar-refractivity contribution in [3.8, 4) is 5.75 Å². The molecule has 0 bridgehead atoms. The quantitative estimate of drug-likeness (QED) is 0.764. The first-order valence-corrected chi connectivity index (χ1v) is 7.97. The molecule has 1 atom stereocenters. The second-order valence-corrected chi connectivity index (χ2v) is 5.88. The number of urea groups is 1. The molecule has 0 aliphatic carbocycles. The van der Waals surface area contributed by atoms with Crippen LogP contribution in [0.3, 0.4) is 0 Å². The Bertz CT molecular complexity index is 705. The summed E-state index contributed by atoms with van der Waals surface area (Å²) in [7, 11) is 0. The van der Waals surface area contributed by atoms with Crippen LogP contribution in [0, 0.1) is 0 Å². The highest BCUT2D eigenvalue weighted by molar-refractivity contribution is 5.96. The van der Waals surface area contributed by atoms with Crippen molar-refractivity contribution in [1.82, 2.24) is 20.5 Å². The molecule has 2 N–H and O–H groups in total. The van der Waals surface area contributed by atoms with E-state index in [2.05, 4.69) is 5.43 Å². The summed E-state index contributed by atoms with van der Waals surface area (Å²) in [6, 6.07) is 4.21. The van der Waals surface area contributed by atoms with E-state index in [4.69, 9.17) is 0 Å². The molecule has 2 aliphatic heterocycles. The van der Waals surface area contributed by atoms with Crippen LogP contribution in [0.15, 0.2) is 24.3 Å². The molecule has 2 fully saturated rings. The molecule has 2 saturated heterocycles. The van der Waals surface area contributed by atoms with Crippen LogP contribution >= 0.6 is 0 Å². The van der Waals surface area contributed by atoms with Gasteiger partial charge in [0.25, 0.3) is 5.91 Å². The van der Waals surface area contributed by atoms with Gasteiger partial charge in [0.05, 0.1) is 6.54 Å². The van der Waals surface area contributed by atoms with E-state index in [1.807, 2.05) is 0 Å². The molecule has 1 aromatic carbocycles. The number of fused-ring (bicyclic) bond motifs is 1. The van der Waals surface area contributed by atoms with E-state index < -0.39 is 18.0 Å². The van der Waals surface area contributed by atoms with E-state index in [1.165, 1.54) is 29.3 Å². The first kappa shape index (κ1) is 16.7. The average Bonchev–Trinajstić information content (AvgIpc) is 2.74. The summed E-state index contributed by atoms with van der Waals surface area (Å²) in [5, 5.41) is 12.7. The summed E-state index contributed by atoms with van der Waals surface area (Å²) < 4.78 is 0. The topological polar surface area (TPSA) is 110 Å². The predicted molar refractivity (Wildman–Crippen MR) is 84.9 cm³/mol. The zero-order valence-electron chi connectivity index (χ0n) is 13.4. The summed E-state index contributed by atoms with van der Waals surface area (Å²) in [5.41, 5.74) is 2.72. The van der Waals surface area contributed by atoms with Crippen molar-refractivity contribution in [2.24, 2.45) is 0 Å². The molecule has 2 aliphatic rings. The minimum atomic E-state index is -0.726. The number of phenols is 1. The number of hydrogen-bond acceptors (Lipinski definition) is 5. The van der Waals surface area contributed by atoms with Gasteiger partial charge in [0.15, 0.2) is 0 Å². The van der Waals surface area contributed by atoms with Gasteiger partial charge in [-0.1, -0.05) is 0 Å². The molecule has 9 heteroatoms. The molecule has 0 aromatic heterocycles. The first-order chi connectivity index (χ1) is 12.0. The van der Waals surface area contributed by atoms with Crippen LogP contribution in [0.2, 0.25) is 0 Å². The van der Waals surface area contributed by atoms with Crippen LogP contribution in [0.5, 0.6) is 5.75 Å². The Kier molecular flexibility index (Phi) is 4.55. The van der Waals surface area contributed by atoms with Gasteiger partial charge in [0.1, 0.15) is 18.1 Å². The van der Waals surface area contributed by atoms with Gasteiger partial charge in [-0.2, -0.15) is 0 Å². The Morgan fingerprint density at radius 2 is 1.92 bits per heavy atom. The second kappa shape index (κ2) is 6.80. The molecule has 2 heterocycles. The standard InChI is InChI=1S/C16H18N4O5/c21-10-12-2-1-8-19-14(23)7-9-18(16(25)20(12)19)17-15(24)11-3-5-13(22)6-4-11/h3-6,10,12,22H,1-2,7-9H2,(H,17,24)/t12-/m0/s1. The Hall–Kier alpha value is -3.10.